The zero-order valence-corrected chi connectivity index (χ0v) is 17.2. The van der Waals surface area contributed by atoms with Crippen LogP contribution in [0.15, 0.2) is 121 Å². The van der Waals surface area contributed by atoms with Crippen LogP contribution in [-0.2, 0) is 4.57 Å². The van der Waals surface area contributed by atoms with Crippen LogP contribution in [0, 0.1) is 0 Å². The standard InChI is InChI=1S/C27H20NOP/c29-30(22-13-5-2-6-14-22,23-15-7-3-8-16-23)27-24-17-9-1-4-12-21(24)20-25(27)26-18-10-11-19-28-26/h1-20H. The van der Waals surface area contributed by atoms with E-state index < -0.39 is 7.14 Å². The fraction of sp³-hybridized carbons (Fsp3) is 0. The molecular weight excluding hydrogens is 385 g/mol. The molecule has 1 aromatic heterocycles. The van der Waals surface area contributed by atoms with E-state index in [-0.39, 0.29) is 0 Å². The fourth-order valence-electron chi connectivity index (χ4n) is 4.01. The van der Waals surface area contributed by atoms with Crippen molar-refractivity contribution in [2.45, 2.75) is 0 Å². The minimum atomic E-state index is -3.15. The van der Waals surface area contributed by atoms with Crippen LogP contribution in [0.5, 0.6) is 0 Å². The van der Waals surface area contributed by atoms with Gasteiger partial charge in [-0.05, 0) is 29.3 Å². The maximum absolute atomic E-state index is 15.2. The molecule has 0 fully saturated rings. The van der Waals surface area contributed by atoms with Crippen molar-refractivity contribution >= 4 is 23.1 Å². The lowest BCUT2D eigenvalue weighted by Gasteiger charge is -2.22. The average molecular weight is 405 g/mol. The zero-order valence-electron chi connectivity index (χ0n) is 16.3. The van der Waals surface area contributed by atoms with Crippen LogP contribution in [0.2, 0.25) is 0 Å². The normalized spacial score (nSPS) is 11.5. The lowest BCUT2D eigenvalue weighted by atomic mass is 10.2. The Labute approximate surface area is 176 Å². The predicted molar refractivity (Wildman–Crippen MR) is 126 cm³/mol. The highest BCUT2D eigenvalue weighted by molar-refractivity contribution is 7.85. The molecule has 0 saturated carbocycles. The molecule has 3 heteroatoms. The van der Waals surface area contributed by atoms with E-state index in [0.717, 1.165) is 38.3 Å². The van der Waals surface area contributed by atoms with E-state index in [4.69, 9.17) is 0 Å². The molecule has 0 aliphatic heterocycles. The first-order valence-electron chi connectivity index (χ1n) is 9.93. The van der Waals surface area contributed by atoms with Crippen LogP contribution < -0.4 is 15.9 Å². The Balaban J connectivity index is 1.92. The van der Waals surface area contributed by atoms with Gasteiger partial charge in [-0.1, -0.05) is 97.1 Å². The zero-order chi connectivity index (χ0) is 20.4. The second-order valence-electron chi connectivity index (χ2n) is 7.18. The van der Waals surface area contributed by atoms with Gasteiger partial charge >= 0.3 is 0 Å². The summed E-state index contributed by atoms with van der Waals surface area (Å²) in [4.78, 5) is 4.60. The fourth-order valence-corrected chi connectivity index (χ4v) is 7.07. The molecule has 0 N–H and O–H groups in total. The number of rotatable bonds is 4. The Bertz CT molecular complexity index is 1260. The van der Waals surface area contributed by atoms with Gasteiger partial charge in [0.25, 0.3) is 0 Å². The van der Waals surface area contributed by atoms with Gasteiger partial charge in [0.1, 0.15) is 0 Å². The number of benzene rings is 2. The number of pyridine rings is 1. The molecule has 2 aliphatic rings. The summed E-state index contributed by atoms with van der Waals surface area (Å²) in [6, 6.07) is 37.8. The highest BCUT2D eigenvalue weighted by Gasteiger charge is 2.36. The number of hydrogen-bond acceptors (Lipinski definition) is 2. The van der Waals surface area contributed by atoms with Crippen molar-refractivity contribution in [3.63, 3.8) is 0 Å². The Kier molecular flexibility index (Phi) is 4.78. The number of aromatic nitrogens is 1. The summed E-state index contributed by atoms with van der Waals surface area (Å²) >= 11 is 0. The maximum Gasteiger partial charge on any atom is 0.172 e. The van der Waals surface area contributed by atoms with Gasteiger partial charge in [0.05, 0.1) is 5.69 Å². The lowest BCUT2D eigenvalue weighted by Crippen LogP contribution is -2.26. The molecule has 2 aliphatic carbocycles. The molecule has 3 aromatic rings. The van der Waals surface area contributed by atoms with Gasteiger partial charge in [0, 0.05) is 27.7 Å². The topological polar surface area (TPSA) is 30.0 Å². The molecule has 5 rings (SSSR count). The molecule has 30 heavy (non-hydrogen) atoms. The lowest BCUT2D eigenvalue weighted by molar-refractivity contribution is 0.592. The van der Waals surface area contributed by atoms with Gasteiger partial charge in [0.15, 0.2) is 7.14 Å². The van der Waals surface area contributed by atoms with Crippen molar-refractivity contribution in [1.82, 2.24) is 4.98 Å². The third-order valence-electron chi connectivity index (χ3n) is 5.38. The molecule has 0 amide bonds. The van der Waals surface area contributed by atoms with Crippen LogP contribution >= 0.6 is 7.14 Å². The van der Waals surface area contributed by atoms with Gasteiger partial charge in [-0.2, -0.15) is 0 Å². The van der Waals surface area contributed by atoms with Crippen molar-refractivity contribution in [2.24, 2.45) is 0 Å². The number of nitrogens with zero attached hydrogens (tertiary/aromatic N) is 1. The van der Waals surface area contributed by atoms with E-state index in [1.54, 1.807) is 6.20 Å². The number of fused-ring (bicyclic) bond motifs is 1. The Morgan fingerprint density at radius 3 is 1.73 bits per heavy atom. The van der Waals surface area contributed by atoms with Crippen molar-refractivity contribution in [3.8, 4) is 22.4 Å². The van der Waals surface area contributed by atoms with E-state index in [9.17, 15) is 0 Å². The second kappa shape index (κ2) is 7.74. The quantitative estimate of drug-likeness (QED) is 0.370. The summed E-state index contributed by atoms with van der Waals surface area (Å²) in [6.45, 7) is 0. The molecule has 0 radical (unpaired) electrons. The van der Waals surface area contributed by atoms with E-state index >= 15 is 4.57 Å². The molecular formula is C27H20NOP. The summed E-state index contributed by atoms with van der Waals surface area (Å²) in [5, 5.41) is 2.50. The first-order valence-corrected chi connectivity index (χ1v) is 11.6. The van der Waals surface area contributed by atoms with Crippen LogP contribution in [0.4, 0.5) is 0 Å². The summed E-state index contributed by atoms with van der Waals surface area (Å²) in [6.07, 6.45) is 1.78. The van der Waals surface area contributed by atoms with Gasteiger partial charge in [-0.15, -0.1) is 0 Å². The Hall–Kier alpha value is -3.48. The Morgan fingerprint density at radius 1 is 0.567 bits per heavy atom. The van der Waals surface area contributed by atoms with Gasteiger partial charge in [-0.3, -0.25) is 4.98 Å². The monoisotopic (exact) mass is 405 g/mol. The first kappa shape index (κ1) is 18.5. The minimum absolute atomic E-state index is 0.826. The van der Waals surface area contributed by atoms with E-state index in [2.05, 4.69) is 23.2 Å². The van der Waals surface area contributed by atoms with Crippen LogP contribution in [0.25, 0.3) is 22.4 Å². The molecule has 2 nitrogen and oxygen atoms in total. The van der Waals surface area contributed by atoms with E-state index in [0.29, 0.717) is 0 Å². The summed E-state index contributed by atoms with van der Waals surface area (Å²) < 4.78 is 15.2. The summed E-state index contributed by atoms with van der Waals surface area (Å²) in [5.74, 6) is 0. The largest absolute Gasteiger partial charge is 0.309 e. The SMILES string of the molecule is O=P(c1ccccc1)(c1ccccc1)c1c2cccccc-2cc1-c1ccccn1. The molecule has 0 spiro atoms. The van der Waals surface area contributed by atoms with Crippen molar-refractivity contribution < 1.29 is 4.57 Å². The van der Waals surface area contributed by atoms with Crippen molar-refractivity contribution in [2.75, 3.05) is 0 Å². The molecule has 1 heterocycles. The summed E-state index contributed by atoms with van der Waals surface area (Å²) in [7, 11) is -3.15. The Morgan fingerprint density at radius 2 is 1.13 bits per heavy atom. The molecule has 0 atom stereocenters. The molecule has 0 bridgehead atoms. The molecule has 0 unspecified atom stereocenters. The van der Waals surface area contributed by atoms with E-state index in [1.165, 1.54) is 0 Å². The van der Waals surface area contributed by atoms with Crippen molar-refractivity contribution in [3.05, 3.63) is 121 Å². The molecule has 0 saturated heterocycles. The average Bonchev–Trinajstić information content (AvgIpc) is 3.03. The second-order valence-corrected chi connectivity index (χ2v) is 9.88. The summed E-state index contributed by atoms with van der Waals surface area (Å²) in [5.41, 5.74) is 3.81. The molecule has 2 aromatic carbocycles. The third-order valence-corrected chi connectivity index (χ3v) is 8.54. The third kappa shape index (κ3) is 3.07. The highest BCUT2D eigenvalue weighted by atomic mass is 31.2. The molecule has 144 valence electrons. The van der Waals surface area contributed by atoms with Crippen LogP contribution in [0.3, 0.4) is 0 Å². The van der Waals surface area contributed by atoms with Gasteiger partial charge in [0.2, 0.25) is 0 Å². The van der Waals surface area contributed by atoms with Crippen molar-refractivity contribution in [1.29, 1.82) is 0 Å². The highest BCUT2D eigenvalue weighted by Crippen LogP contribution is 2.49. The van der Waals surface area contributed by atoms with E-state index in [1.807, 2.05) is 97.1 Å². The predicted octanol–water partition coefficient (Wildman–Crippen LogP) is 5.49. The maximum atomic E-state index is 15.2. The smallest absolute Gasteiger partial charge is 0.172 e. The van der Waals surface area contributed by atoms with Crippen LogP contribution in [0.1, 0.15) is 0 Å². The van der Waals surface area contributed by atoms with Crippen LogP contribution in [-0.4, -0.2) is 4.98 Å². The minimum Gasteiger partial charge on any atom is -0.309 e. The first-order chi connectivity index (χ1) is 14.8. The number of hydrogen-bond donors (Lipinski definition) is 0. The van der Waals surface area contributed by atoms with Gasteiger partial charge in [-0.25, -0.2) is 0 Å². The van der Waals surface area contributed by atoms with Gasteiger partial charge < -0.3 is 4.57 Å².